The lowest BCUT2D eigenvalue weighted by atomic mass is 10.2. The molecule has 14 heavy (non-hydrogen) atoms. The summed E-state index contributed by atoms with van der Waals surface area (Å²) in [5.74, 6) is 2.24. The molecule has 0 aliphatic heterocycles. The van der Waals surface area contributed by atoms with Crippen molar-refractivity contribution in [3.63, 3.8) is 0 Å². The van der Waals surface area contributed by atoms with E-state index in [4.69, 9.17) is 5.73 Å². The zero-order valence-corrected chi connectivity index (χ0v) is 9.25. The first-order chi connectivity index (χ1) is 6.61. The Kier molecular flexibility index (Phi) is 3.33. The van der Waals surface area contributed by atoms with Crippen molar-refractivity contribution in [3.8, 4) is 0 Å². The van der Waals surface area contributed by atoms with Crippen LogP contribution in [0.4, 0.5) is 5.82 Å². The smallest absolute Gasteiger partial charge is 0.127 e. The highest BCUT2D eigenvalue weighted by Gasteiger charge is 2.14. The first kappa shape index (κ1) is 10.8. The molecule has 0 atom stereocenters. The lowest BCUT2D eigenvalue weighted by molar-refractivity contribution is 0.683. The Morgan fingerprint density at radius 3 is 2.64 bits per heavy atom. The zero-order chi connectivity index (χ0) is 10.7. The van der Waals surface area contributed by atoms with Crippen LogP contribution < -0.4 is 5.73 Å². The van der Waals surface area contributed by atoms with Crippen LogP contribution in [0.25, 0.3) is 0 Å². The van der Waals surface area contributed by atoms with Crippen LogP contribution in [0.15, 0.2) is 12.7 Å². The summed E-state index contributed by atoms with van der Waals surface area (Å²) in [6.45, 7) is 10.8. The maximum atomic E-state index is 5.99. The quantitative estimate of drug-likeness (QED) is 0.746. The molecule has 0 radical (unpaired) electrons. The van der Waals surface area contributed by atoms with Gasteiger partial charge in [0.1, 0.15) is 11.6 Å². The molecule has 3 heteroatoms. The van der Waals surface area contributed by atoms with E-state index in [0.717, 1.165) is 30.3 Å². The molecule has 3 nitrogen and oxygen atoms in total. The number of nitrogen functional groups attached to an aromatic ring is 1. The molecular formula is C11H19N3. The number of hydrogen-bond donors (Lipinski definition) is 1. The van der Waals surface area contributed by atoms with E-state index in [9.17, 15) is 0 Å². The maximum Gasteiger partial charge on any atom is 0.127 e. The van der Waals surface area contributed by atoms with Crippen molar-refractivity contribution in [2.75, 3.05) is 5.73 Å². The maximum absolute atomic E-state index is 5.99. The number of anilines is 1. The molecule has 0 aliphatic carbocycles. The molecular weight excluding hydrogens is 174 g/mol. The minimum atomic E-state index is 0.401. The van der Waals surface area contributed by atoms with Gasteiger partial charge in [0.15, 0.2) is 0 Å². The Hall–Kier alpha value is -1.25. The normalized spacial score (nSPS) is 10.9. The minimum Gasteiger partial charge on any atom is -0.384 e. The van der Waals surface area contributed by atoms with Gasteiger partial charge in [-0.15, -0.1) is 6.58 Å². The van der Waals surface area contributed by atoms with Crippen molar-refractivity contribution in [3.05, 3.63) is 24.2 Å². The predicted molar refractivity (Wildman–Crippen MR) is 60.3 cm³/mol. The van der Waals surface area contributed by atoms with Crippen LogP contribution >= 0.6 is 0 Å². The molecule has 0 unspecified atom stereocenters. The highest BCUT2D eigenvalue weighted by atomic mass is 15.1. The van der Waals surface area contributed by atoms with Gasteiger partial charge in [0.2, 0.25) is 0 Å². The highest BCUT2D eigenvalue weighted by Crippen LogP contribution is 2.21. The van der Waals surface area contributed by atoms with E-state index in [1.165, 1.54) is 0 Å². The Morgan fingerprint density at radius 2 is 2.21 bits per heavy atom. The molecule has 0 aliphatic rings. The summed E-state index contributed by atoms with van der Waals surface area (Å²) < 4.78 is 2.04. The van der Waals surface area contributed by atoms with Crippen LogP contribution in [0.2, 0.25) is 0 Å². The Labute approximate surface area is 85.6 Å². The third-order valence-electron chi connectivity index (χ3n) is 2.28. The van der Waals surface area contributed by atoms with Crippen molar-refractivity contribution < 1.29 is 0 Å². The summed E-state index contributed by atoms with van der Waals surface area (Å²) in [5, 5.41) is 0. The number of aromatic nitrogens is 2. The van der Waals surface area contributed by atoms with E-state index in [1.54, 1.807) is 0 Å². The Balaban J connectivity index is 3.19. The van der Waals surface area contributed by atoms with Gasteiger partial charge in [-0.2, -0.15) is 0 Å². The molecule has 1 aromatic rings. The summed E-state index contributed by atoms with van der Waals surface area (Å²) in [6, 6.07) is 0. The Morgan fingerprint density at radius 1 is 1.57 bits per heavy atom. The second-order valence-electron chi connectivity index (χ2n) is 3.71. The minimum absolute atomic E-state index is 0.401. The van der Waals surface area contributed by atoms with Crippen molar-refractivity contribution >= 4 is 5.82 Å². The van der Waals surface area contributed by atoms with E-state index in [-0.39, 0.29) is 0 Å². The monoisotopic (exact) mass is 193 g/mol. The number of aryl methyl sites for hydroxylation is 1. The number of hydrogen-bond acceptors (Lipinski definition) is 2. The lowest BCUT2D eigenvalue weighted by Crippen LogP contribution is -2.07. The van der Waals surface area contributed by atoms with E-state index in [0.29, 0.717) is 5.92 Å². The first-order valence-corrected chi connectivity index (χ1v) is 5.07. The average Bonchev–Trinajstić information content (AvgIpc) is 2.45. The fourth-order valence-corrected chi connectivity index (χ4v) is 1.56. The molecule has 1 aromatic heterocycles. The lowest BCUT2D eigenvalue weighted by Gasteiger charge is -2.08. The number of allylic oxidation sites excluding steroid dienone is 1. The summed E-state index contributed by atoms with van der Waals surface area (Å²) in [7, 11) is 0. The van der Waals surface area contributed by atoms with Gasteiger partial charge >= 0.3 is 0 Å². The standard InChI is InChI=1S/C11H19N3/c1-5-7-14-10(12)9(6-2)13-11(14)8(3)4/h5,8H,1,6-7,12H2,2-4H3. The van der Waals surface area contributed by atoms with Crippen molar-refractivity contribution in [1.29, 1.82) is 0 Å². The third-order valence-corrected chi connectivity index (χ3v) is 2.28. The van der Waals surface area contributed by atoms with E-state index >= 15 is 0 Å². The zero-order valence-electron chi connectivity index (χ0n) is 9.25. The SMILES string of the molecule is C=CCn1c(C(C)C)nc(CC)c1N. The second-order valence-corrected chi connectivity index (χ2v) is 3.71. The number of imidazole rings is 1. The van der Waals surface area contributed by atoms with E-state index in [1.807, 2.05) is 10.6 Å². The topological polar surface area (TPSA) is 43.8 Å². The van der Waals surface area contributed by atoms with Crippen LogP contribution in [0.5, 0.6) is 0 Å². The van der Waals surface area contributed by atoms with Gasteiger partial charge in [-0.25, -0.2) is 4.98 Å². The summed E-state index contributed by atoms with van der Waals surface area (Å²) in [4.78, 5) is 4.54. The highest BCUT2D eigenvalue weighted by molar-refractivity contribution is 5.39. The van der Waals surface area contributed by atoms with Crippen molar-refractivity contribution in [1.82, 2.24) is 9.55 Å². The van der Waals surface area contributed by atoms with Gasteiger partial charge in [0, 0.05) is 12.5 Å². The molecule has 0 aromatic carbocycles. The molecule has 1 rings (SSSR count). The number of nitrogens with two attached hydrogens (primary N) is 1. The second kappa shape index (κ2) is 4.31. The summed E-state index contributed by atoms with van der Waals surface area (Å²) in [6.07, 6.45) is 2.74. The molecule has 0 saturated carbocycles. The number of nitrogens with zero attached hydrogens (tertiary/aromatic N) is 2. The van der Waals surface area contributed by atoms with Gasteiger partial charge in [-0.05, 0) is 6.42 Å². The van der Waals surface area contributed by atoms with Crippen LogP contribution in [0.3, 0.4) is 0 Å². The molecule has 1 heterocycles. The Bertz CT molecular complexity index is 324. The average molecular weight is 193 g/mol. The van der Waals surface area contributed by atoms with E-state index < -0.39 is 0 Å². The van der Waals surface area contributed by atoms with Crippen LogP contribution in [-0.4, -0.2) is 9.55 Å². The first-order valence-electron chi connectivity index (χ1n) is 5.07. The van der Waals surface area contributed by atoms with Gasteiger partial charge in [0.05, 0.1) is 5.69 Å². The van der Waals surface area contributed by atoms with Gasteiger partial charge in [-0.3, -0.25) is 0 Å². The molecule has 78 valence electrons. The fourth-order valence-electron chi connectivity index (χ4n) is 1.56. The largest absolute Gasteiger partial charge is 0.384 e. The number of rotatable bonds is 4. The van der Waals surface area contributed by atoms with Crippen molar-refractivity contribution in [2.24, 2.45) is 0 Å². The molecule has 0 fully saturated rings. The van der Waals surface area contributed by atoms with Gasteiger partial charge in [-0.1, -0.05) is 26.8 Å². The van der Waals surface area contributed by atoms with Gasteiger partial charge in [0.25, 0.3) is 0 Å². The third kappa shape index (κ3) is 1.81. The molecule has 0 bridgehead atoms. The fraction of sp³-hybridized carbons (Fsp3) is 0.545. The molecule has 0 amide bonds. The summed E-state index contributed by atoms with van der Waals surface area (Å²) in [5.41, 5.74) is 6.99. The van der Waals surface area contributed by atoms with Crippen molar-refractivity contribution in [2.45, 2.75) is 39.7 Å². The summed E-state index contributed by atoms with van der Waals surface area (Å²) >= 11 is 0. The van der Waals surface area contributed by atoms with Gasteiger partial charge < -0.3 is 10.3 Å². The molecule has 0 saturated heterocycles. The predicted octanol–water partition coefficient (Wildman–Crippen LogP) is 2.34. The van der Waals surface area contributed by atoms with Crippen LogP contribution in [0.1, 0.15) is 38.2 Å². The van der Waals surface area contributed by atoms with Crippen LogP contribution in [0, 0.1) is 0 Å². The van der Waals surface area contributed by atoms with E-state index in [2.05, 4.69) is 32.3 Å². The molecule has 2 N–H and O–H groups in total. The van der Waals surface area contributed by atoms with Crippen LogP contribution in [-0.2, 0) is 13.0 Å². The molecule has 0 spiro atoms.